The molecule has 0 aliphatic carbocycles. The number of aliphatic carboxylic acids is 1. The fourth-order valence-electron chi connectivity index (χ4n) is 1.49. The topological polar surface area (TPSA) is 78.4 Å². The lowest BCUT2D eigenvalue weighted by Gasteiger charge is -2.07. The molecule has 19 heavy (non-hydrogen) atoms. The molecule has 1 rings (SSSR count). The van der Waals surface area contributed by atoms with E-state index in [4.69, 9.17) is 5.11 Å². The Labute approximate surface area is 110 Å². The molecule has 0 saturated heterocycles. The average molecular weight is 268 g/mol. The van der Waals surface area contributed by atoms with Crippen LogP contribution in [0.5, 0.6) is 0 Å². The Bertz CT molecular complexity index is 438. The first-order chi connectivity index (χ1) is 9.08. The van der Waals surface area contributed by atoms with Crippen molar-refractivity contribution in [3.8, 4) is 0 Å². The molecule has 2 amide bonds. The highest BCUT2D eigenvalue weighted by molar-refractivity contribution is 5.73. The van der Waals surface area contributed by atoms with Crippen molar-refractivity contribution in [2.45, 2.75) is 25.8 Å². The van der Waals surface area contributed by atoms with Crippen LogP contribution in [0.2, 0.25) is 0 Å². The number of halogens is 1. The Hall–Kier alpha value is -2.11. The summed E-state index contributed by atoms with van der Waals surface area (Å²) < 4.78 is 12.9. The van der Waals surface area contributed by atoms with Crippen LogP contribution in [-0.2, 0) is 11.3 Å². The van der Waals surface area contributed by atoms with Gasteiger partial charge in [-0.3, -0.25) is 4.79 Å². The molecule has 0 saturated carbocycles. The van der Waals surface area contributed by atoms with Gasteiger partial charge in [0.15, 0.2) is 0 Å². The van der Waals surface area contributed by atoms with Crippen LogP contribution in [0.25, 0.3) is 0 Å². The summed E-state index contributed by atoms with van der Waals surface area (Å²) in [6.07, 6.45) is 1.24. The highest BCUT2D eigenvalue weighted by Gasteiger charge is 2.01. The summed E-state index contributed by atoms with van der Waals surface area (Å²) in [6, 6.07) is 5.64. The van der Waals surface area contributed by atoms with Crippen molar-refractivity contribution in [3.05, 3.63) is 35.6 Å². The van der Waals surface area contributed by atoms with Crippen LogP contribution < -0.4 is 10.6 Å². The summed E-state index contributed by atoms with van der Waals surface area (Å²) in [6.45, 7) is 0.668. The van der Waals surface area contributed by atoms with Crippen LogP contribution >= 0.6 is 0 Å². The maximum atomic E-state index is 12.9. The molecule has 1 aromatic carbocycles. The number of hydrogen-bond donors (Lipinski definition) is 3. The summed E-state index contributed by atoms with van der Waals surface area (Å²) in [4.78, 5) is 21.6. The fraction of sp³-hybridized carbons (Fsp3) is 0.385. The van der Waals surface area contributed by atoms with E-state index in [2.05, 4.69) is 10.6 Å². The van der Waals surface area contributed by atoms with Crippen LogP contribution in [0.15, 0.2) is 24.3 Å². The van der Waals surface area contributed by atoms with Crippen molar-refractivity contribution < 1.29 is 19.1 Å². The summed E-state index contributed by atoms with van der Waals surface area (Å²) >= 11 is 0. The zero-order valence-corrected chi connectivity index (χ0v) is 10.5. The quantitative estimate of drug-likeness (QED) is 0.661. The number of carbonyl (C=O) groups is 2. The number of benzene rings is 1. The minimum Gasteiger partial charge on any atom is -0.481 e. The summed E-state index contributed by atoms with van der Waals surface area (Å²) in [5, 5.41) is 13.6. The molecule has 5 nitrogen and oxygen atoms in total. The third-order valence-electron chi connectivity index (χ3n) is 2.45. The van der Waals surface area contributed by atoms with Crippen LogP contribution in [0.3, 0.4) is 0 Å². The molecular weight excluding hydrogens is 251 g/mol. The van der Waals surface area contributed by atoms with E-state index in [9.17, 15) is 14.0 Å². The van der Waals surface area contributed by atoms with Gasteiger partial charge in [0.1, 0.15) is 5.82 Å². The van der Waals surface area contributed by atoms with E-state index in [-0.39, 0.29) is 24.8 Å². The molecule has 0 spiro atoms. The lowest BCUT2D eigenvalue weighted by Crippen LogP contribution is -2.35. The minimum absolute atomic E-state index is 0.104. The van der Waals surface area contributed by atoms with Crippen LogP contribution in [-0.4, -0.2) is 23.7 Å². The van der Waals surface area contributed by atoms with Crippen LogP contribution in [0.4, 0.5) is 9.18 Å². The van der Waals surface area contributed by atoms with Gasteiger partial charge in [0.05, 0.1) is 0 Å². The summed E-state index contributed by atoms with van der Waals surface area (Å²) in [5.41, 5.74) is 0.682. The lowest BCUT2D eigenvalue weighted by atomic mass is 10.2. The third-order valence-corrected chi connectivity index (χ3v) is 2.45. The molecule has 1 aromatic rings. The fourth-order valence-corrected chi connectivity index (χ4v) is 1.49. The SMILES string of the molecule is O=C(O)CCCCNC(=O)NCc1cccc(F)c1. The summed E-state index contributed by atoms with van der Waals surface area (Å²) in [7, 11) is 0. The Morgan fingerprint density at radius 1 is 1.21 bits per heavy atom. The van der Waals surface area contributed by atoms with Gasteiger partial charge in [-0.25, -0.2) is 9.18 Å². The van der Waals surface area contributed by atoms with E-state index in [1.165, 1.54) is 12.1 Å². The van der Waals surface area contributed by atoms with Crippen LogP contribution in [0.1, 0.15) is 24.8 Å². The number of urea groups is 1. The lowest BCUT2D eigenvalue weighted by molar-refractivity contribution is -0.137. The highest BCUT2D eigenvalue weighted by Crippen LogP contribution is 2.02. The number of carboxylic acids is 1. The maximum Gasteiger partial charge on any atom is 0.315 e. The number of carboxylic acid groups (broad SMARTS) is 1. The van der Waals surface area contributed by atoms with Crippen molar-refractivity contribution in [1.82, 2.24) is 10.6 Å². The highest BCUT2D eigenvalue weighted by atomic mass is 19.1. The first-order valence-electron chi connectivity index (χ1n) is 6.06. The van der Waals surface area contributed by atoms with E-state index in [1.807, 2.05) is 0 Å². The van der Waals surface area contributed by atoms with Crippen molar-refractivity contribution >= 4 is 12.0 Å². The molecule has 6 heteroatoms. The van der Waals surface area contributed by atoms with Gasteiger partial charge in [-0.1, -0.05) is 12.1 Å². The predicted octanol–water partition coefficient (Wildman–Crippen LogP) is 1.88. The maximum absolute atomic E-state index is 12.9. The van der Waals surface area contributed by atoms with Crippen molar-refractivity contribution in [2.75, 3.05) is 6.54 Å². The molecule has 0 aliphatic heterocycles. The average Bonchev–Trinajstić information content (AvgIpc) is 2.35. The molecule has 0 aliphatic rings. The van der Waals surface area contributed by atoms with Crippen molar-refractivity contribution in [3.63, 3.8) is 0 Å². The predicted molar refractivity (Wildman–Crippen MR) is 68.1 cm³/mol. The normalized spacial score (nSPS) is 9.95. The van der Waals surface area contributed by atoms with Gasteiger partial charge >= 0.3 is 12.0 Å². The second kappa shape index (κ2) is 8.07. The Balaban J connectivity index is 2.13. The summed E-state index contributed by atoms with van der Waals surface area (Å²) in [5.74, 6) is -1.18. The second-order valence-corrected chi connectivity index (χ2v) is 4.09. The van der Waals surface area contributed by atoms with Gasteiger partial charge < -0.3 is 15.7 Å². The number of hydrogen-bond acceptors (Lipinski definition) is 2. The molecule has 3 N–H and O–H groups in total. The van der Waals surface area contributed by atoms with Crippen molar-refractivity contribution in [2.24, 2.45) is 0 Å². The third kappa shape index (κ3) is 7.03. The molecular formula is C13H17FN2O3. The van der Waals surface area contributed by atoms with Gasteiger partial charge in [0.25, 0.3) is 0 Å². The largest absolute Gasteiger partial charge is 0.481 e. The number of unbranched alkanes of at least 4 members (excludes halogenated alkanes) is 1. The van der Waals surface area contributed by atoms with E-state index in [1.54, 1.807) is 12.1 Å². The van der Waals surface area contributed by atoms with Crippen LogP contribution in [0, 0.1) is 5.82 Å². The second-order valence-electron chi connectivity index (χ2n) is 4.09. The zero-order valence-electron chi connectivity index (χ0n) is 10.5. The van der Waals surface area contributed by atoms with Crippen molar-refractivity contribution in [1.29, 1.82) is 0 Å². The van der Waals surface area contributed by atoms with E-state index >= 15 is 0 Å². The monoisotopic (exact) mass is 268 g/mol. The molecule has 0 atom stereocenters. The molecule has 0 radical (unpaired) electrons. The Morgan fingerprint density at radius 3 is 2.68 bits per heavy atom. The number of amides is 2. The minimum atomic E-state index is -0.837. The van der Waals surface area contributed by atoms with Gasteiger partial charge in [0.2, 0.25) is 0 Å². The smallest absolute Gasteiger partial charge is 0.315 e. The first kappa shape index (κ1) is 14.9. The molecule has 0 bridgehead atoms. The molecule has 0 aromatic heterocycles. The number of rotatable bonds is 7. The molecule has 104 valence electrons. The first-order valence-corrected chi connectivity index (χ1v) is 6.06. The number of carbonyl (C=O) groups excluding carboxylic acids is 1. The molecule has 0 heterocycles. The van der Waals surface area contributed by atoms with Gasteiger partial charge in [-0.15, -0.1) is 0 Å². The van der Waals surface area contributed by atoms with Gasteiger partial charge in [-0.2, -0.15) is 0 Å². The standard InChI is InChI=1S/C13H17FN2O3/c14-11-5-3-4-10(8-11)9-16-13(19)15-7-2-1-6-12(17)18/h3-5,8H,1-2,6-7,9H2,(H,17,18)(H2,15,16,19). The Kier molecular flexibility index (Phi) is 6.35. The van der Waals surface area contributed by atoms with E-state index in [0.29, 0.717) is 24.9 Å². The number of nitrogens with one attached hydrogen (secondary N) is 2. The van der Waals surface area contributed by atoms with Gasteiger partial charge in [-0.05, 0) is 30.5 Å². The van der Waals surface area contributed by atoms with E-state index < -0.39 is 5.97 Å². The zero-order chi connectivity index (χ0) is 14.1. The Morgan fingerprint density at radius 2 is 2.00 bits per heavy atom. The molecule has 0 fully saturated rings. The van der Waals surface area contributed by atoms with Gasteiger partial charge in [0, 0.05) is 19.5 Å². The molecule has 0 unspecified atom stereocenters. The van der Waals surface area contributed by atoms with E-state index in [0.717, 1.165) is 0 Å².